The van der Waals surface area contributed by atoms with Gasteiger partial charge in [0.05, 0.1) is 5.41 Å². The molecular formula is C24H33N3O3. The van der Waals surface area contributed by atoms with E-state index in [1.54, 1.807) is 0 Å². The Bertz CT molecular complexity index is 758. The lowest BCUT2D eigenvalue weighted by Crippen LogP contribution is -2.57. The molecule has 0 radical (unpaired) electrons. The quantitative estimate of drug-likeness (QED) is 0.650. The topological polar surface area (TPSA) is 79.5 Å². The Labute approximate surface area is 178 Å². The molecule has 3 atom stereocenters. The lowest BCUT2D eigenvalue weighted by atomic mass is 9.75. The molecule has 2 fully saturated rings. The Hall–Kier alpha value is -2.18. The van der Waals surface area contributed by atoms with Crippen molar-refractivity contribution in [2.45, 2.75) is 50.6 Å². The maximum atomic E-state index is 13.4. The average molecular weight is 412 g/mol. The van der Waals surface area contributed by atoms with Gasteiger partial charge in [-0.2, -0.15) is 0 Å². The minimum absolute atomic E-state index is 0.0195. The minimum atomic E-state index is -0.571. The van der Waals surface area contributed by atoms with Crippen LogP contribution in [0.1, 0.15) is 37.7 Å². The van der Waals surface area contributed by atoms with Gasteiger partial charge in [0, 0.05) is 32.2 Å². The van der Waals surface area contributed by atoms with Crippen molar-refractivity contribution < 1.29 is 14.3 Å². The number of piperidine rings is 1. The fraction of sp³-hybridized carbons (Fsp3) is 0.583. The average Bonchev–Trinajstić information content (AvgIpc) is 2.78. The number of benzene rings is 1. The van der Waals surface area contributed by atoms with Crippen LogP contribution >= 0.6 is 0 Å². The van der Waals surface area contributed by atoms with Crippen molar-refractivity contribution >= 4 is 11.8 Å². The molecule has 2 amide bonds. The number of hydrogen-bond acceptors (Lipinski definition) is 4. The van der Waals surface area contributed by atoms with Crippen molar-refractivity contribution in [3.8, 4) is 0 Å². The predicted octanol–water partition coefficient (Wildman–Crippen LogP) is 1.95. The van der Waals surface area contributed by atoms with Gasteiger partial charge in [-0.05, 0) is 50.1 Å². The Morgan fingerprint density at radius 2 is 1.83 bits per heavy atom. The molecule has 0 aliphatic carbocycles. The van der Waals surface area contributed by atoms with Crippen molar-refractivity contribution in [1.29, 1.82) is 0 Å². The summed E-state index contributed by atoms with van der Waals surface area (Å²) in [5, 5.41) is 9.85. The highest BCUT2D eigenvalue weighted by Crippen LogP contribution is 2.35. The van der Waals surface area contributed by atoms with Crippen molar-refractivity contribution in [3.63, 3.8) is 0 Å². The number of rotatable bonds is 2. The van der Waals surface area contributed by atoms with E-state index in [1.165, 1.54) is 0 Å². The van der Waals surface area contributed by atoms with Crippen LogP contribution in [0.3, 0.4) is 0 Å². The first-order chi connectivity index (χ1) is 14.7. The van der Waals surface area contributed by atoms with E-state index >= 15 is 0 Å². The zero-order valence-electron chi connectivity index (χ0n) is 17.6. The van der Waals surface area contributed by atoms with E-state index in [0.29, 0.717) is 44.8 Å². The Balaban J connectivity index is 1.61. The molecule has 1 aromatic carbocycles. The van der Waals surface area contributed by atoms with Crippen molar-refractivity contribution in [3.05, 3.63) is 48.0 Å². The molecule has 30 heavy (non-hydrogen) atoms. The molecule has 162 valence electrons. The molecule has 6 heteroatoms. The second kappa shape index (κ2) is 9.75. The summed E-state index contributed by atoms with van der Waals surface area (Å²) in [4.78, 5) is 26.8. The molecule has 3 aliphatic rings. The summed E-state index contributed by atoms with van der Waals surface area (Å²) >= 11 is 0. The lowest BCUT2D eigenvalue weighted by molar-refractivity contribution is -0.140. The smallest absolute Gasteiger partial charge is 0.243 e. The molecule has 0 aromatic heterocycles. The summed E-state index contributed by atoms with van der Waals surface area (Å²) < 4.78 is 5.54. The number of amides is 2. The fourth-order valence-electron chi connectivity index (χ4n) is 4.88. The highest BCUT2D eigenvalue weighted by molar-refractivity contribution is 5.90. The largest absolute Gasteiger partial charge is 0.381 e. The van der Waals surface area contributed by atoms with Crippen LogP contribution in [0.5, 0.6) is 0 Å². The molecule has 6 nitrogen and oxygen atoms in total. The van der Waals surface area contributed by atoms with E-state index in [-0.39, 0.29) is 17.9 Å². The zero-order valence-corrected chi connectivity index (χ0v) is 17.6. The van der Waals surface area contributed by atoms with Crippen LogP contribution in [0.15, 0.2) is 42.5 Å². The molecule has 1 aromatic rings. The second-order valence-corrected chi connectivity index (χ2v) is 8.89. The van der Waals surface area contributed by atoms with Crippen LogP contribution in [0, 0.1) is 11.3 Å². The van der Waals surface area contributed by atoms with E-state index in [9.17, 15) is 9.59 Å². The van der Waals surface area contributed by atoms with E-state index in [2.05, 4.69) is 28.1 Å². The first-order valence-electron chi connectivity index (χ1n) is 11.2. The molecule has 2 saturated heterocycles. The van der Waals surface area contributed by atoms with E-state index in [1.807, 2.05) is 30.3 Å². The maximum absolute atomic E-state index is 13.4. The number of hydrogen-bond donors (Lipinski definition) is 3. The second-order valence-electron chi connectivity index (χ2n) is 8.89. The third-order valence-electron chi connectivity index (χ3n) is 6.89. The molecule has 3 N–H and O–H groups in total. The molecule has 3 aliphatic heterocycles. The van der Waals surface area contributed by atoms with Crippen LogP contribution in [0.2, 0.25) is 0 Å². The van der Waals surface area contributed by atoms with Gasteiger partial charge >= 0.3 is 0 Å². The van der Waals surface area contributed by atoms with E-state index < -0.39 is 11.5 Å². The number of ether oxygens (including phenoxy) is 1. The number of fused-ring (bicyclic) bond motifs is 1. The molecule has 0 unspecified atom stereocenters. The van der Waals surface area contributed by atoms with Gasteiger partial charge in [-0.3, -0.25) is 9.59 Å². The van der Waals surface area contributed by atoms with Gasteiger partial charge in [-0.25, -0.2) is 0 Å². The molecule has 4 rings (SSSR count). The summed E-state index contributed by atoms with van der Waals surface area (Å²) in [6.45, 7) is 2.99. The predicted molar refractivity (Wildman–Crippen MR) is 116 cm³/mol. The van der Waals surface area contributed by atoms with Crippen molar-refractivity contribution in [2.24, 2.45) is 11.3 Å². The molecule has 3 heterocycles. The minimum Gasteiger partial charge on any atom is -0.381 e. The van der Waals surface area contributed by atoms with Gasteiger partial charge in [-0.15, -0.1) is 0 Å². The van der Waals surface area contributed by atoms with Crippen LogP contribution in [-0.4, -0.2) is 50.2 Å². The highest BCUT2D eigenvalue weighted by atomic mass is 16.5. The Morgan fingerprint density at radius 1 is 1.03 bits per heavy atom. The third kappa shape index (κ3) is 4.93. The highest BCUT2D eigenvalue weighted by Gasteiger charge is 2.41. The SMILES string of the molecule is O=C1N[C@H]2CCNC[C@@H]2C/C=C/CC2(CCOCC2)C(=O)N[C@@H]1Cc1ccccc1. The molecule has 0 bridgehead atoms. The van der Waals surface area contributed by atoms with Gasteiger partial charge < -0.3 is 20.7 Å². The van der Waals surface area contributed by atoms with Crippen LogP contribution in [0.25, 0.3) is 0 Å². The molecular weight excluding hydrogens is 378 g/mol. The monoisotopic (exact) mass is 411 g/mol. The summed E-state index contributed by atoms with van der Waals surface area (Å²) in [6.07, 6.45) is 8.78. The van der Waals surface area contributed by atoms with E-state index in [4.69, 9.17) is 4.74 Å². The summed E-state index contributed by atoms with van der Waals surface area (Å²) in [5.74, 6) is 0.280. The third-order valence-corrected chi connectivity index (χ3v) is 6.89. The molecule has 0 saturated carbocycles. The summed E-state index contributed by atoms with van der Waals surface area (Å²) in [5.41, 5.74) is 0.556. The first-order valence-corrected chi connectivity index (χ1v) is 11.2. The standard InChI is InChI=1S/C24H33N3O3/c28-22-21(16-18-6-2-1-3-7-18)27-23(29)24(11-14-30-15-12-24)10-5-4-8-19-17-25-13-9-20(19)26-22/h1-7,19-21,25H,8-17H2,(H,26,28)(H,27,29)/b5-4+/t19-,20-,21+/m0/s1. The lowest BCUT2D eigenvalue weighted by Gasteiger charge is -2.38. The van der Waals surface area contributed by atoms with Gasteiger partial charge in [0.1, 0.15) is 6.04 Å². The van der Waals surface area contributed by atoms with E-state index in [0.717, 1.165) is 31.5 Å². The van der Waals surface area contributed by atoms with Crippen molar-refractivity contribution in [1.82, 2.24) is 16.0 Å². The summed E-state index contributed by atoms with van der Waals surface area (Å²) in [7, 11) is 0. The normalized spacial score (nSPS) is 30.9. The van der Waals surface area contributed by atoms with Crippen LogP contribution < -0.4 is 16.0 Å². The van der Waals surface area contributed by atoms with Gasteiger partial charge in [0.15, 0.2) is 0 Å². The van der Waals surface area contributed by atoms with Crippen LogP contribution in [-0.2, 0) is 20.7 Å². The van der Waals surface area contributed by atoms with Gasteiger partial charge in [-0.1, -0.05) is 42.5 Å². The number of carbonyl (C=O) groups excluding carboxylic acids is 2. The summed E-state index contributed by atoms with van der Waals surface area (Å²) in [6, 6.07) is 9.49. The maximum Gasteiger partial charge on any atom is 0.243 e. The molecule has 1 spiro atoms. The number of carbonyl (C=O) groups is 2. The Morgan fingerprint density at radius 3 is 2.63 bits per heavy atom. The van der Waals surface area contributed by atoms with Crippen molar-refractivity contribution in [2.75, 3.05) is 26.3 Å². The zero-order chi connectivity index (χ0) is 20.8. The number of allylic oxidation sites excluding steroid dienone is 2. The number of nitrogens with one attached hydrogen (secondary N) is 3. The van der Waals surface area contributed by atoms with Gasteiger partial charge in [0.25, 0.3) is 0 Å². The first kappa shape index (κ1) is 21.1. The van der Waals surface area contributed by atoms with Crippen LogP contribution in [0.4, 0.5) is 0 Å². The fourth-order valence-corrected chi connectivity index (χ4v) is 4.88. The van der Waals surface area contributed by atoms with Gasteiger partial charge in [0.2, 0.25) is 11.8 Å². The Kier molecular flexibility index (Phi) is 6.85.